The Morgan fingerprint density at radius 3 is 2.55 bits per heavy atom. The van der Waals surface area contributed by atoms with Crippen LogP contribution in [0.5, 0.6) is 5.75 Å². The maximum Gasteiger partial charge on any atom is 0.294 e. The molecule has 3 rings (SSSR count). The third-order valence-electron chi connectivity index (χ3n) is 4.66. The van der Waals surface area contributed by atoms with E-state index in [0.717, 1.165) is 44.6 Å². The zero-order valence-corrected chi connectivity index (χ0v) is 18.5. The first-order valence-corrected chi connectivity index (χ1v) is 10.8. The van der Waals surface area contributed by atoms with Crippen LogP contribution in [0, 0.1) is 13.8 Å². The largest absolute Gasteiger partial charge is 0.494 e. The van der Waals surface area contributed by atoms with Gasteiger partial charge in [-0.2, -0.15) is 4.68 Å². The van der Waals surface area contributed by atoms with Crippen molar-refractivity contribution in [2.24, 2.45) is 0 Å². The van der Waals surface area contributed by atoms with E-state index in [9.17, 15) is 9.59 Å². The third-order valence-corrected chi connectivity index (χ3v) is 5.60. The van der Waals surface area contributed by atoms with Gasteiger partial charge in [0.15, 0.2) is 0 Å². The van der Waals surface area contributed by atoms with Gasteiger partial charge < -0.3 is 15.9 Å². The predicted octanol–water partition coefficient (Wildman–Crippen LogP) is 2.69. The molecular formula is C22H25N5O3S. The van der Waals surface area contributed by atoms with Gasteiger partial charge in [0.1, 0.15) is 11.4 Å². The number of nitrogens with one attached hydrogen (secondary N) is 1. The van der Waals surface area contributed by atoms with Crippen LogP contribution in [0.4, 0.5) is 5.69 Å². The number of thioether (sulfide) groups is 1. The number of nitrogens with two attached hydrogens (primary N) is 1. The summed E-state index contributed by atoms with van der Waals surface area (Å²) >= 11 is 1.05. The fourth-order valence-electron chi connectivity index (χ4n) is 2.84. The zero-order valence-electron chi connectivity index (χ0n) is 17.7. The summed E-state index contributed by atoms with van der Waals surface area (Å²) in [4.78, 5) is 24.8. The topological polar surface area (TPSA) is 112 Å². The van der Waals surface area contributed by atoms with Crippen molar-refractivity contribution in [1.29, 1.82) is 0 Å². The summed E-state index contributed by atoms with van der Waals surface area (Å²) in [7, 11) is 0. The van der Waals surface area contributed by atoms with Gasteiger partial charge in [-0.25, -0.2) is 0 Å². The molecule has 0 fully saturated rings. The standard InChI is InChI=1S/C22H25N5O3S/c1-4-30-18-9-6-16(7-10-18)12-19-21(29)27(23)22(26-25-19)31-13-20(28)24-17-8-5-14(2)15(3)11-17/h5-11H,4,12-13,23H2,1-3H3,(H,24,28). The van der Waals surface area contributed by atoms with E-state index in [1.165, 1.54) is 0 Å². The van der Waals surface area contributed by atoms with E-state index in [1.807, 2.05) is 63.2 Å². The number of amides is 1. The molecule has 0 spiro atoms. The Bertz CT molecular complexity index is 1130. The monoisotopic (exact) mass is 439 g/mol. The molecule has 0 radical (unpaired) electrons. The molecule has 1 amide bonds. The number of carbonyl (C=O) groups excluding carboxylic acids is 1. The van der Waals surface area contributed by atoms with E-state index in [4.69, 9.17) is 10.6 Å². The van der Waals surface area contributed by atoms with Gasteiger partial charge in [-0.05, 0) is 61.7 Å². The van der Waals surface area contributed by atoms with Crippen LogP contribution in [0.25, 0.3) is 0 Å². The fourth-order valence-corrected chi connectivity index (χ4v) is 3.49. The molecule has 0 atom stereocenters. The highest BCUT2D eigenvalue weighted by atomic mass is 32.2. The van der Waals surface area contributed by atoms with Gasteiger partial charge in [0, 0.05) is 12.1 Å². The summed E-state index contributed by atoms with van der Waals surface area (Å²) in [5.74, 6) is 6.50. The van der Waals surface area contributed by atoms with Crippen molar-refractivity contribution in [3.63, 3.8) is 0 Å². The van der Waals surface area contributed by atoms with Gasteiger partial charge in [-0.1, -0.05) is 30.0 Å². The molecule has 0 aliphatic heterocycles. The number of hydrogen-bond acceptors (Lipinski definition) is 7. The van der Waals surface area contributed by atoms with Crippen molar-refractivity contribution in [3.8, 4) is 5.75 Å². The molecule has 1 aromatic heterocycles. The first kappa shape index (κ1) is 22.4. The number of ether oxygens (including phenoxy) is 1. The minimum atomic E-state index is -0.444. The molecule has 0 saturated carbocycles. The molecule has 31 heavy (non-hydrogen) atoms. The van der Waals surface area contributed by atoms with Gasteiger partial charge >= 0.3 is 0 Å². The van der Waals surface area contributed by atoms with Crippen LogP contribution in [0.1, 0.15) is 29.3 Å². The van der Waals surface area contributed by atoms with Crippen molar-refractivity contribution < 1.29 is 9.53 Å². The van der Waals surface area contributed by atoms with Gasteiger partial charge in [-0.15, -0.1) is 10.2 Å². The zero-order chi connectivity index (χ0) is 22.4. The number of nitrogen functional groups attached to an aromatic ring is 1. The molecular weight excluding hydrogens is 414 g/mol. The number of aromatic nitrogens is 3. The number of aryl methyl sites for hydroxylation is 2. The van der Waals surface area contributed by atoms with Gasteiger partial charge in [0.25, 0.3) is 5.56 Å². The van der Waals surface area contributed by atoms with E-state index in [2.05, 4.69) is 15.5 Å². The molecule has 8 nitrogen and oxygen atoms in total. The lowest BCUT2D eigenvalue weighted by Gasteiger charge is -2.09. The van der Waals surface area contributed by atoms with E-state index >= 15 is 0 Å². The van der Waals surface area contributed by atoms with Gasteiger partial charge in [0.05, 0.1) is 12.4 Å². The van der Waals surface area contributed by atoms with Crippen LogP contribution in [-0.4, -0.2) is 33.1 Å². The Morgan fingerprint density at radius 1 is 1.13 bits per heavy atom. The van der Waals surface area contributed by atoms with Crippen molar-refractivity contribution in [2.45, 2.75) is 32.3 Å². The molecule has 1 heterocycles. The van der Waals surface area contributed by atoms with Crippen LogP contribution in [0.15, 0.2) is 52.4 Å². The van der Waals surface area contributed by atoms with Crippen LogP contribution in [0.3, 0.4) is 0 Å². The second kappa shape index (κ2) is 10.1. The summed E-state index contributed by atoms with van der Waals surface area (Å²) in [6.45, 7) is 6.50. The molecule has 3 aromatic rings. The number of nitrogens with zero attached hydrogens (tertiary/aromatic N) is 3. The Labute approximate surface area is 184 Å². The number of anilines is 1. The highest BCUT2D eigenvalue weighted by Gasteiger charge is 2.13. The van der Waals surface area contributed by atoms with Crippen molar-refractivity contribution >= 4 is 23.4 Å². The van der Waals surface area contributed by atoms with Crippen molar-refractivity contribution in [2.75, 3.05) is 23.5 Å². The minimum absolute atomic E-state index is 0.0521. The Balaban J connectivity index is 1.62. The molecule has 162 valence electrons. The van der Waals surface area contributed by atoms with E-state index in [1.54, 1.807) is 0 Å². The fraction of sp³-hybridized carbons (Fsp3) is 0.273. The molecule has 2 aromatic carbocycles. The highest BCUT2D eigenvalue weighted by Crippen LogP contribution is 2.17. The van der Waals surface area contributed by atoms with Crippen molar-refractivity contribution in [1.82, 2.24) is 14.9 Å². The molecule has 0 unspecified atom stereocenters. The molecule has 3 N–H and O–H groups in total. The number of hydrogen-bond donors (Lipinski definition) is 2. The lowest BCUT2D eigenvalue weighted by molar-refractivity contribution is -0.113. The summed E-state index contributed by atoms with van der Waals surface area (Å²) in [5.41, 5.74) is 3.64. The summed E-state index contributed by atoms with van der Waals surface area (Å²) in [6.07, 6.45) is 0.299. The normalized spacial score (nSPS) is 10.7. The maximum atomic E-state index is 12.6. The lowest BCUT2D eigenvalue weighted by atomic mass is 10.1. The Morgan fingerprint density at radius 2 is 1.87 bits per heavy atom. The first-order valence-electron chi connectivity index (χ1n) is 9.82. The van der Waals surface area contributed by atoms with Crippen molar-refractivity contribution in [3.05, 3.63) is 75.2 Å². The molecule has 0 saturated heterocycles. The van der Waals surface area contributed by atoms with E-state index in [0.29, 0.717) is 13.0 Å². The second-order valence-corrected chi connectivity index (χ2v) is 7.94. The number of carbonyl (C=O) groups is 1. The second-order valence-electron chi connectivity index (χ2n) is 6.99. The first-order chi connectivity index (χ1) is 14.9. The van der Waals surface area contributed by atoms with E-state index in [-0.39, 0.29) is 22.5 Å². The SMILES string of the molecule is CCOc1ccc(Cc2nnc(SCC(=O)Nc3ccc(C)c(C)c3)n(N)c2=O)cc1. The molecule has 9 heteroatoms. The lowest BCUT2D eigenvalue weighted by Crippen LogP contribution is -2.34. The average Bonchev–Trinajstić information content (AvgIpc) is 2.75. The van der Waals surface area contributed by atoms with Gasteiger partial charge in [0.2, 0.25) is 11.1 Å². The summed E-state index contributed by atoms with van der Waals surface area (Å²) in [6, 6.07) is 13.1. The maximum absolute atomic E-state index is 12.6. The Hall–Kier alpha value is -3.33. The van der Waals surface area contributed by atoms with Crippen LogP contribution in [-0.2, 0) is 11.2 Å². The predicted molar refractivity (Wildman–Crippen MR) is 122 cm³/mol. The van der Waals surface area contributed by atoms with Crippen LogP contribution >= 0.6 is 11.8 Å². The molecule has 0 aliphatic carbocycles. The average molecular weight is 440 g/mol. The quantitative estimate of drug-likeness (QED) is 0.410. The van der Waals surface area contributed by atoms with E-state index < -0.39 is 5.56 Å². The number of rotatable bonds is 8. The molecule has 0 bridgehead atoms. The summed E-state index contributed by atoms with van der Waals surface area (Å²) in [5, 5.41) is 11.1. The van der Waals surface area contributed by atoms with Crippen LogP contribution < -0.4 is 21.5 Å². The molecule has 0 aliphatic rings. The summed E-state index contributed by atoms with van der Waals surface area (Å²) < 4.78 is 6.35. The van der Waals surface area contributed by atoms with Gasteiger partial charge in [-0.3, -0.25) is 9.59 Å². The number of benzene rings is 2. The smallest absolute Gasteiger partial charge is 0.294 e. The minimum Gasteiger partial charge on any atom is -0.494 e. The highest BCUT2D eigenvalue weighted by molar-refractivity contribution is 7.99. The Kier molecular flexibility index (Phi) is 7.30. The third kappa shape index (κ3) is 5.85. The van der Waals surface area contributed by atoms with Crippen LogP contribution in [0.2, 0.25) is 0 Å².